The zero-order chi connectivity index (χ0) is 11.3. The Labute approximate surface area is 97.7 Å². The Balaban J connectivity index is 2.61. The molecule has 0 aliphatic heterocycles. The zero-order valence-electron chi connectivity index (χ0n) is 10.1. The molecule has 0 aliphatic rings. The van der Waals surface area contributed by atoms with Crippen molar-refractivity contribution >= 4 is 11.8 Å². The first-order chi connectivity index (χ1) is 7.13. The lowest BCUT2D eigenvalue weighted by molar-refractivity contribution is 0.579. The fraction of sp³-hybridized carbons (Fsp3) is 0.538. The fourth-order valence-electron chi connectivity index (χ4n) is 1.41. The van der Waals surface area contributed by atoms with E-state index in [1.807, 2.05) is 18.8 Å². The van der Waals surface area contributed by atoms with Gasteiger partial charge in [-0.15, -0.1) is 11.8 Å². The summed E-state index contributed by atoms with van der Waals surface area (Å²) in [4.78, 5) is 1.37. The van der Waals surface area contributed by atoms with Gasteiger partial charge in [-0.05, 0) is 32.0 Å². The largest absolute Gasteiger partial charge is 0.319 e. The molecular weight excluding hydrogens is 202 g/mol. The van der Waals surface area contributed by atoms with E-state index in [0.717, 1.165) is 6.54 Å². The summed E-state index contributed by atoms with van der Waals surface area (Å²) < 4.78 is 0. The van der Waals surface area contributed by atoms with Crippen molar-refractivity contribution < 1.29 is 0 Å². The molecule has 0 bridgehead atoms. The maximum atomic E-state index is 3.26. The Kier molecular flexibility index (Phi) is 5.20. The maximum Gasteiger partial charge on any atom is 0.0242 e. The molecule has 1 N–H and O–H groups in total. The molecule has 0 saturated carbocycles. The highest BCUT2D eigenvalue weighted by Gasteiger charge is 2.13. The van der Waals surface area contributed by atoms with Crippen LogP contribution in [0.4, 0.5) is 0 Å². The van der Waals surface area contributed by atoms with E-state index in [1.165, 1.54) is 10.5 Å². The average Bonchev–Trinajstić information content (AvgIpc) is 2.20. The summed E-state index contributed by atoms with van der Waals surface area (Å²) in [6.07, 6.45) is 0. The van der Waals surface area contributed by atoms with E-state index in [0.29, 0.717) is 11.2 Å². The minimum atomic E-state index is 0.651. The van der Waals surface area contributed by atoms with E-state index in [9.17, 15) is 0 Å². The van der Waals surface area contributed by atoms with E-state index in [2.05, 4.69) is 50.4 Å². The monoisotopic (exact) mass is 223 g/mol. The Morgan fingerprint density at radius 3 is 2.27 bits per heavy atom. The summed E-state index contributed by atoms with van der Waals surface area (Å²) in [7, 11) is 2.02. The van der Waals surface area contributed by atoms with E-state index >= 15 is 0 Å². The number of nitrogens with one attached hydrogen (secondary N) is 1. The van der Waals surface area contributed by atoms with E-state index in [4.69, 9.17) is 0 Å². The van der Waals surface area contributed by atoms with Crippen molar-refractivity contribution in [2.75, 3.05) is 13.6 Å². The molecule has 0 amide bonds. The number of hydrogen-bond donors (Lipinski definition) is 1. The van der Waals surface area contributed by atoms with Gasteiger partial charge in [-0.25, -0.2) is 0 Å². The van der Waals surface area contributed by atoms with Gasteiger partial charge in [-0.3, -0.25) is 0 Å². The van der Waals surface area contributed by atoms with Gasteiger partial charge in [0, 0.05) is 16.7 Å². The minimum Gasteiger partial charge on any atom is -0.319 e. The lowest BCUT2D eigenvalue weighted by Gasteiger charge is -2.19. The molecule has 1 unspecified atom stereocenters. The van der Waals surface area contributed by atoms with Gasteiger partial charge in [0.2, 0.25) is 0 Å². The van der Waals surface area contributed by atoms with Gasteiger partial charge in [-0.2, -0.15) is 0 Å². The lowest BCUT2D eigenvalue weighted by atomic mass is 10.1. The van der Waals surface area contributed by atoms with Crippen LogP contribution in [0.3, 0.4) is 0 Å². The molecule has 2 heteroatoms. The summed E-state index contributed by atoms with van der Waals surface area (Å²) >= 11 is 1.97. The van der Waals surface area contributed by atoms with Gasteiger partial charge in [0.15, 0.2) is 0 Å². The molecular formula is C13H21NS. The van der Waals surface area contributed by atoms with Gasteiger partial charge >= 0.3 is 0 Å². The fourth-order valence-corrected chi connectivity index (χ4v) is 2.57. The van der Waals surface area contributed by atoms with Crippen molar-refractivity contribution in [1.29, 1.82) is 0 Å². The summed E-state index contributed by atoms with van der Waals surface area (Å²) in [5.41, 5.74) is 1.33. The van der Waals surface area contributed by atoms with E-state index in [1.54, 1.807) is 0 Å². The Bertz CT molecular complexity index is 279. The highest BCUT2D eigenvalue weighted by molar-refractivity contribution is 8.00. The molecule has 84 valence electrons. The third kappa shape index (κ3) is 4.27. The van der Waals surface area contributed by atoms with Crippen molar-refractivity contribution in [3.8, 4) is 0 Å². The maximum absolute atomic E-state index is 3.26. The first kappa shape index (κ1) is 12.6. The van der Waals surface area contributed by atoms with Gasteiger partial charge < -0.3 is 5.32 Å². The Morgan fingerprint density at radius 2 is 1.80 bits per heavy atom. The third-order valence-corrected chi connectivity index (χ3v) is 4.02. The zero-order valence-corrected chi connectivity index (χ0v) is 10.9. The average molecular weight is 223 g/mol. The summed E-state index contributed by atoms with van der Waals surface area (Å²) in [6.45, 7) is 7.75. The van der Waals surface area contributed by atoms with Crippen LogP contribution in [-0.2, 0) is 0 Å². The van der Waals surface area contributed by atoms with Crippen molar-refractivity contribution in [3.05, 3.63) is 29.8 Å². The molecule has 0 heterocycles. The molecule has 15 heavy (non-hydrogen) atoms. The molecule has 1 nitrogen and oxygen atoms in total. The van der Waals surface area contributed by atoms with E-state index in [-0.39, 0.29) is 0 Å². The smallest absolute Gasteiger partial charge is 0.0242 e. The summed E-state index contributed by atoms with van der Waals surface area (Å²) in [6, 6.07) is 8.79. The highest BCUT2D eigenvalue weighted by Crippen LogP contribution is 2.27. The molecule has 0 spiro atoms. The summed E-state index contributed by atoms with van der Waals surface area (Å²) in [5, 5.41) is 3.91. The number of hydrogen-bond acceptors (Lipinski definition) is 2. The SMILES string of the molecule is CNCC(Sc1ccc(C)cc1)C(C)C. The number of benzene rings is 1. The second-order valence-corrected chi connectivity index (χ2v) is 5.58. The predicted octanol–water partition coefficient (Wildman–Crippen LogP) is 3.33. The van der Waals surface area contributed by atoms with Crippen LogP contribution in [0.25, 0.3) is 0 Å². The van der Waals surface area contributed by atoms with Crippen molar-refractivity contribution in [2.24, 2.45) is 5.92 Å². The molecule has 1 atom stereocenters. The molecule has 0 aliphatic carbocycles. The molecule has 0 fully saturated rings. The molecule has 0 aromatic heterocycles. The minimum absolute atomic E-state index is 0.651. The predicted molar refractivity (Wildman–Crippen MR) is 69.6 cm³/mol. The van der Waals surface area contributed by atoms with Crippen LogP contribution >= 0.6 is 11.8 Å². The number of thioether (sulfide) groups is 1. The Morgan fingerprint density at radius 1 is 1.20 bits per heavy atom. The lowest BCUT2D eigenvalue weighted by Crippen LogP contribution is -2.25. The number of aryl methyl sites for hydroxylation is 1. The van der Waals surface area contributed by atoms with Crippen LogP contribution in [0.2, 0.25) is 0 Å². The van der Waals surface area contributed by atoms with Crippen LogP contribution in [-0.4, -0.2) is 18.8 Å². The first-order valence-electron chi connectivity index (χ1n) is 5.51. The van der Waals surface area contributed by atoms with Crippen LogP contribution in [0.1, 0.15) is 19.4 Å². The second-order valence-electron chi connectivity index (χ2n) is 4.27. The second kappa shape index (κ2) is 6.19. The quantitative estimate of drug-likeness (QED) is 0.768. The van der Waals surface area contributed by atoms with Crippen LogP contribution in [0, 0.1) is 12.8 Å². The van der Waals surface area contributed by atoms with Crippen LogP contribution in [0.15, 0.2) is 29.2 Å². The van der Waals surface area contributed by atoms with Crippen molar-refractivity contribution in [2.45, 2.75) is 30.9 Å². The van der Waals surface area contributed by atoms with Gasteiger partial charge in [0.25, 0.3) is 0 Å². The summed E-state index contributed by atoms with van der Waals surface area (Å²) in [5.74, 6) is 0.698. The number of rotatable bonds is 5. The van der Waals surface area contributed by atoms with Gasteiger partial charge in [0.1, 0.15) is 0 Å². The first-order valence-corrected chi connectivity index (χ1v) is 6.39. The van der Waals surface area contributed by atoms with Crippen molar-refractivity contribution in [1.82, 2.24) is 5.32 Å². The normalized spacial score (nSPS) is 13.1. The molecule has 1 aromatic carbocycles. The van der Waals surface area contributed by atoms with Gasteiger partial charge in [-0.1, -0.05) is 31.5 Å². The molecule has 1 rings (SSSR count). The standard InChI is InChI=1S/C13H21NS/c1-10(2)13(9-14-4)15-12-7-5-11(3)6-8-12/h5-8,10,13-14H,9H2,1-4H3. The topological polar surface area (TPSA) is 12.0 Å². The van der Waals surface area contributed by atoms with Gasteiger partial charge in [0.05, 0.1) is 0 Å². The molecule has 0 saturated heterocycles. The highest BCUT2D eigenvalue weighted by atomic mass is 32.2. The molecule has 0 radical (unpaired) electrons. The Hall–Kier alpha value is -0.470. The van der Waals surface area contributed by atoms with Crippen molar-refractivity contribution in [3.63, 3.8) is 0 Å². The third-order valence-electron chi connectivity index (χ3n) is 2.46. The van der Waals surface area contributed by atoms with E-state index < -0.39 is 0 Å². The van der Waals surface area contributed by atoms with Crippen LogP contribution < -0.4 is 5.32 Å². The molecule has 1 aromatic rings. The van der Waals surface area contributed by atoms with Crippen LogP contribution in [0.5, 0.6) is 0 Å².